The zero-order valence-corrected chi connectivity index (χ0v) is 17.5. The molecular weight excluding hydrogens is 415 g/mol. The molecule has 0 amide bonds. The minimum atomic E-state index is -3.50. The third-order valence-electron chi connectivity index (χ3n) is 4.95. The van der Waals surface area contributed by atoms with Gasteiger partial charge in [-0.2, -0.15) is 9.78 Å². The maximum atomic E-state index is 13.3. The van der Waals surface area contributed by atoms with Gasteiger partial charge in [-0.3, -0.25) is 4.79 Å². The number of benzene rings is 3. The maximum absolute atomic E-state index is 13.3. The van der Waals surface area contributed by atoms with Gasteiger partial charge in [-0.15, -0.1) is 0 Å². The van der Waals surface area contributed by atoms with Crippen LogP contribution in [0.15, 0.2) is 94.7 Å². The molecule has 0 aliphatic carbocycles. The summed E-state index contributed by atoms with van der Waals surface area (Å²) in [5.41, 5.74) is 2.71. The molecule has 0 fully saturated rings. The topological polar surface area (TPSA) is 69.0 Å². The Kier molecular flexibility index (Phi) is 5.52. The van der Waals surface area contributed by atoms with Crippen LogP contribution >= 0.6 is 0 Å². The van der Waals surface area contributed by atoms with E-state index in [9.17, 15) is 17.6 Å². The predicted molar refractivity (Wildman–Crippen MR) is 118 cm³/mol. The maximum Gasteiger partial charge on any atom is 0.279 e. The van der Waals surface area contributed by atoms with Crippen LogP contribution in [-0.4, -0.2) is 24.5 Å². The standard InChI is InChI=1S/C24H19FN2O3S/c1-31(29,30)21-12-9-19(15-17-7-10-20(25)11-8-17)23(16-21)27-24(28)22(13-14-26-27)18-5-3-2-4-6-18/h2-14,16H,15H2,1H3. The van der Waals surface area contributed by atoms with Gasteiger partial charge in [-0.25, -0.2) is 12.8 Å². The van der Waals surface area contributed by atoms with Gasteiger partial charge in [0.05, 0.1) is 16.1 Å². The summed E-state index contributed by atoms with van der Waals surface area (Å²) in [6.45, 7) is 0. The summed E-state index contributed by atoms with van der Waals surface area (Å²) in [5, 5.41) is 4.22. The SMILES string of the molecule is CS(=O)(=O)c1ccc(Cc2ccc(F)cc2)c(-n2nccc(-c3ccccc3)c2=O)c1. The summed E-state index contributed by atoms with van der Waals surface area (Å²) in [6, 6.07) is 21.5. The van der Waals surface area contributed by atoms with E-state index >= 15 is 0 Å². The van der Waals surface area contributed by atoms with E-state index in [1.165, 1.54) is 35.1 Å². The lowest BCUT2D eigenvalue weighted by molar-refractivity contribution is 0.601. The third kappa shape index (κ3) is 4.46. The van der Waals surface area contributed by atoms with Crippen LogP contribution in [0.3, 0.4) is 0 Å². The largest absolute Gasteiger partial charge is 0.279 e. The van der Waals surface area contributed by atoms with Crippen molar-refractivity contribution in [3.63, 3.8) is 0 Å². The van der Waals surface area contributed by atoms with Crippen molar-refractivity contribution in [3.05, 3.63) is 112 Å². The summed E-state index contributed by atoms with van der Waals surface area (Å²) >= 11 is 0. The van der Waals surface area contributed by atoms with Gasteiger partial charge in [0.25, 0.3) is 5.56 Å². The van der Waals surface area contributed by atoms with Crippen molar-refractivity contribution in [3.8, 4) is 16.8 Å². The molecule has 0 N–H and O–H groups in total. The van der Waals surface area contributed by atoms with Crippen molar-refractivity contribution in [1.82, 2.24) is 9.78 Å². The van der Waals surface area contributed by atoms with E-state index in [0.717, 1.165) is 17.4 Å². The van der Waals surface area contributed by atoms with E-state index in [-0.39, 0.29) is 16.3 Å². The number of nitrogens with zero attached hydrogens (tertiary/aromatic N) is 2. The lowest BCUT2D eigenvalue weighted by Gasteiger charge is -2.14. The van der Waals surface area contributed by atoms with Gasteiger partial charge in [0.15, 0.2) is 9.84 Å². The third-order valence-corrected chi connectivity index (χ3v) is 6.06. The van der Waals surface area contributed by atoms with Gasteiger partial charge in [0, 0.05) is 12.5 Å². The van der Waals surface area contributed by atoms with Gasteiger partial charge in [0.2, 0.25) is 0 Å². The van der Waals surface area contributed by atoms with Gasteiger partial charge in [-0.1, -0.05) is 48.5 Å². The zero-order chi connectivity index (χ0) is 22.0. The number of hydrogen-bond donors (Lipinski definition) is 0. The quantitative estimate of drug-likeness (QED) is 0.476. The van der Waals surface area contributed by atoms with Gasteiger partial charge < -0.3 is 0 Å². The zero-order valence-electron chi connectivity index (χ0n) is 16.7. The molecule has 3 aromatic carbocycles. The van der Waals surface area contributed by atoms with Gasteiger partial charge in [-0.05, 0) is 53.4 Å². The van der Waals surface area contributed by atoms with E-state index in [2.05, 4.69) is 5.10 Å². The molecular formula is C24H19FN2O3S. The highest BCUT2D eigenvalue weighted by atomic mass is 32.2. The molecule has 4 aromatic rings. The van der Waals surface area contributed by atoms with E-state index in [1.54, 1.807) is 24.3 Å². The van der Waals surface area contributed by atoms with Crippen molar-refractivity contribution < 1.29 is 12.8 Å². The van der Waals surface area contributed by atoms with Crippen molar-refractivity contribution in [1.29, 1.82) is 0 Å². The summed E-state index contributed by atoms with van der Waals surface area (Å²) in [7, 11) is -3.50. The van der Waals surface area contributed by atoms with Gasteiger partial charge in [0.1, 0.15) is 5.82 Å². The first-order chi connectivity index (χ1) is 14.8. The van der Waals surface area contributed by atoms with Gasteiger partial charge >= 0.3 is 0 Å². The minimum absolute atomic E-state index is 0.0872. The fourth-order valence-electron chi connectivity index (χ4n) is 3.36. The first-order valence-corrected chi connectivity index (χ1v) is 11.4. The Hall–Kier alpha value is -3.58. The Morgan fingerprint density at radius 2 is 1.65 bits per heavy atom. The second-order valence-electron chi connectivity index (χ2n) is 7.19. The summed E-state index contributed by atoms with van der Waals surface area (Å²) in [5.74, 6) is -0.343. The highest BCUT2D eigenvalue weighted by Crippen LogP contribution is 2.23. The van der Waals surface area contributed by atoms with E-state index in [1.807, 2.05) is 30.3 Å². The number of aromatic nitrogens is 2. The average Bonchev–Trinajstić information content (AvgIpc) is 2.76. The fraction of sp³-hybridized carbons (Fsp3) is 0.0833. The number of hydrogen-bond acceptors (Lipinski definition) is 4. The molecule has 5 nitrogen and oxygen atoms in total. The Labute approximate surface area is 179 Å². The second-order valence-corrected chi connectivity index (χ2v) is 9.21. The van der Waals surface area contributed by atoms with Crippen LogP contribution in [0.2, 0.25) is 0 Å². The van der Waals surface area contributed by atoms with Crippen LogP contribution in [-0.2, 0) is 16.3 Å². The van der Waals surface area contributed by atoms with E-state index < -0.39 is 9.84 Å². The molecule has 0 saturated heterocycles. The molecule has 0 atom stereocenters. The van der Waals surface area contributed by atoms with Crippen LogP contribution < -0.4 is 5.56 Å². The number of sulfone groups is 1. The van der Waals surface area contributed by atoms with Crippen LogP contribution in [0.5, 0.6) is 0 Å². The number of halogens is 1. The first-order valence-electron chi connectivity index (χ1n) is 9.54. The van der Waals surface area contributed by atoms with Crippen LogP contribution in [0.1, 0.15) is 11.1 Å². The van der Waals surface area contributed by atoms with Crippen molar-refractivity contribution in [2.45, 2.75) is 11.3 Å². The highest BCUT2D eigenvalue weighted by Gasteiger charge is 2.16. The lowest BCUT2D eigenvalue weighted by atomic mass is 10.0. The first kappa shape index (κ1) is 20.7. The minimum Gasteiger partial charge on any atom is -0.267 e. The molecule has 4 rings (SSSR count). The Bertz CT molecular complexity index is 1400. The molecule has 0 saturated carbocycles. The summed E-state index contributed by atoms with van der Waals surface area (Å²) in [4.78, 5) is 13.4. The molecule has 156 valence electrons. The Morgan fingerprint density at radius 1 is 0.935 bits per heavy atom. The molecule has 0 aliphatic heterocycles. The molecule has 0 bridgehead atoms. The second kappa shape index (κ2) is 8.28. The smallest absolute Gasteiger partial charge is 0.267 e. The molecule has 0 spiro atoms. The van der Waals surface area contributed by atoms with E-state index in [0.29, 0.717) is 23.2 Å². The monoisotopic (exact) mass is 434 g/mol. The molecule has 1 heterocycles. The molecule has 0 aliphatic rings. The summed E-state index contributed by atoms with van der Waals surface area (Å²) < 4.78 is 38.8. The summed E-state index contributed by atoms with van der Waals surface area (Å²) in [6.07, 6.45) is 3.00. The van der Waals surface area contributed by atoms with E-state index in [4.69, 9.17) is 0 Å². The van der Waals surface area contributed by atoms with Crippen LogP contribution in [0.25, 0.3) is 16.8 Å². The predicted octanol–water partition coefficient (Wildman–Crippen LogP) is 4.03. The lowest BCUT2D eigenvalue weighted by Crippen LogP contribution is -2.23. The number of rotatable bonds is 5. The molecule has 31 heavy (non-hydrogen) atoms. The Balaban J connectivity index is 1.90. The van der Waals surface area contributed by atoms with Crippen molar-refractivity contribution in [2.75, 3.05) is 6.26 Å². The van der Waals surface area contributed by atoms with Crippen LogP contribution in [0.4, 0.5) is 4.39 Å². The molecule has 1 aromatic heterocycles. The molecule has 0 unspecified atom stereocenters. The molecule has 7 heteroatoms. The Morgan fingerprint density at radius 3 is 2.32 bits per heavy atom. The van der Waals surface area contributed by atoms with Crippen LogP contribution in [0, 0.1) is 5.82 Å². The normalized spacial score (nSPS) is 11.4. The molecule has 0 radical (unpaired) electrons. The fourth-order valence-corrected chi connectivity index (χ4v) is 4.01. The average molecular weight is 434 g/mol. The van der Waals surface area contributed by atoms with Crippen molar-refractivity contribution in [2.24, 2.45) is 0 Å². The van der Waals surface area contributed by atoms with Crippen molar-refractivity contribution >= 4 is 9.84 Å². The highest BCUT2D eigenvalue weighted by molar-refractivity contribution is 7.90.